The summed E-state index contributed by atoms with van der Waals surface area (Å²) in [6.45, 7) is 7.33. The Morgan fingerprint density at radius 2 is 1.24 bits per heavy atom. The van der Waals surface area contributed by atoms with Gasteiger partial charge >= 0.3 is 0 Å². The second-order valence-electron chi connectivity index (χ2n) is 16.1. The fourth-order valence-electron chi connectivity index (χ4n) is 8.69. The van der Waals surface area contributed by atoms with Crippen molar-refractivity contribution in [2.24, 2.45) is 0 Å². The molecule has 0 saturated carbocycles. The van der Waals surface area contributed by atoms with Crippen molar-refractivity contribution in [1.29, 1.82) is 0 Å². The summed E-state index contributed by atoms with van der Waals surface area (Å²) in [7, 11) is 0. The second kappa shape index (κ2) is 13.1. The number of anilines is 4. The van der Waals surface area contributed by atoms with Crippen molar-refractivity contribution >= 4 is 66.5 Å². The Morgan fingerprint density at radius 1 is 0.552 bits per heavy atom. The lowest BCUT2D eigenvalue weighted by Gasteiger charge is -2.23. The topological polar surface area (TPSA) is 46.7 Å². The molecule has 0 spiro atoms. The zero-order valence-electron chi connectivity index (χ0n) is 32.6. The molecule has 1 aliphatic heterocycles. The summed E-state index contributed by atoms with van der Waals surface area (Å²) in [5.74, 6) is 2.42. The molecule has 0 bridgehead atoms. The number of nitrogens with zero attached hydrogens (tertiary/aromatic N) is 4. The lowest BCUT2D eigenvalue weighted by atomic mass is 9.88. The molecule has 7 aromatic carbocycles. The summed E-state index contributed by atoms with van der Waals surface area (Å²) in [5, 5.41) is 4.57. The van der Waals surface area contributed by atoms with E-state index in [-0.39, 0.29) is 5.41 Å². The van der Waals surface area contributed by atoms with Gasteiger partial charge < -0.3 is 19.0 Å². The van der Waals surface area contributed by atoms with Gasteiger partial charge in [0.2, 0.25) is 0 Å². The Kier molecular flexibility index (Phi) is 7.70. The number of benzene rings is 7. The first-order valence-electron chi connectivity index (χ1n) is 19.8. The second-order valence-corrected chi connectivity index (χ2v) is 16.1. The molecule has 0 atom stereocenters. The van der Waals surface area contributed by atoms with Crippen LogP contribution in [0.4, 0.5) is 22.7 Å². The summed E-state index contributed by atoms with van der Waals surface area (Å²) in [5.41, 5.74) is 11.9. The average molecular weight is 753 g/mol. The predicted octanol–water partition coefficient (Wildman–Crippen LogP) is 14.1. The van der Waals surface area contributed by atoms with Gasteiger partial charge in [0.25, 0.3) is 0 Å². The number of furan rings is 1. The van der Waals surface area contributed by atoms with Crippen molar-refractivity contribution in [3.8, 4) is 28.4 Å². The predicted molar refractivity (Wildman–Crippen MR) is 239 cm³/mol. The van der Waals surface area contributed by atoms with Gasteiger partial charge in [-0.2, -0.15) is 0 Å². The van der Waals surface area contributed by atoms with Gasteiger partial charge in [0.05, 0.1) is 33.5 Å². The number of hydrogen-bond acceptors (Lipinski definition) is 5. The number of hydrogen-bond donors (Lipinski definition) is 0. The summed E-state index contributed by atoms with van der Waals surface area (Å²) < 4.78 is 15.5. The van der Waals surface area contributed by atoms with Crippen molar-refractivity contribution in [3.63, 3.8) is 0 Å². The van der Waals surface area contributed by atoms with Crippen LogP contribution in [0, 0.1) is 0 Å². The minimum Gasteiger partial charge on any atom is -0.457 e. The first-order chi connectivity index (χ1) is 28.4. The van der Waals surface area contributed by atoms with Crippen molar-refractivity contribution in [2.75, 3.05) is 16.5 Å². The van der Waals surface area contributed by atoms with Crippen LogP contribution in [0.3, 0.4) is 0 Å². The Morgan fingerprint density at radius 3 is 2.09 bits per heavy atom. The quantitative estimate of drug-likeness (QED) is 0.169. The molecular weight excluding hydrogens is 713 g/mol. The van der Waals surface area contributed by atoms with Crippen LogP contribution in [0.15, 0.2) is 180 Å². The molecule has 11 rings (SSSR count). The number of pyridine rings is 1. The van der Waals surface area contributed by atoms with E-state index in [1.807, 2.05) is 12.3 Å². The van der Waals surface area contributed by atoms with Crippen molar-refractivity contribution in [3.05, 3.63) is 182 Å². The Balaban J connectivity index is 0.970. The SMILES string of the molecule is CC(C)(C)c1ccnc(-n2c3ccccc3c3ccc(Oc4cccc(N5CN(c6cccc7oc8cccc(-c9ccccc9)c8c67)c6ccccc65)c4)cc32)c1. The first kappa shape index (κ1) is 34.0. The lowest BCUT2D eigenvalue weighted by molar-refractivity contribution is 0.483. The van der Waals surface area contributed by atoms with Crippen molar-refractivity contribution in [2.45, 2.75) is 26.2 Å². The first-order valence-corrected chi connectivity index (χ1v) is 19.8. The van der Waals surface area contributed by atoms with Crippen LogP contribution in [0.5, 0.6) is 11.5 Å². The fourth-order valence-corrected chi connectivity index (χ4v) is 8.69. The molecule has 0 N–H and O–H groups in total. The number of rotatable bonds is 6. The maximum atomic E-state index is 6.72. The molecule has 280 valence electrons. The van der Waals surface area contributed by atoms with Crippen LogP contribution in [-0.4, -0.2) is 16.2 Å². The van der Waals surface area contributed by atoms with Crippen LogP contribution in [0.25, 0.3) is 60.7 Å². The molecule has 4 heterocycles. The average Bonchev–Trinajstić information content (AvgIpc) is 3.94. The monoisotopic (exact) mass is 752 g/mol. The normalized spacial score (nSPS) is 12.9. The highest BCUT2D eigenvalue weighted by molar-refractivity contribution is 6.18. The fraction of sp³-hybridized carbons (Fsp3) is 0.0962. The maximum absolute atomic E-state index is 6.72. The highest BCUT2D eigenvalue weighted by atomic mass is 16.5. The molecule has 6 nitrogen and oxygen atoms in total. The maximum Gasteiger partial charge on any atom is 0.137 e. The Labute approximate surface area is 336 Å². The third-order valence-corrected chi connectivity index (χ3v) is 11.5. The third kappa shape index (κ3) is 5.52. The number of para-hydroxylation sites is 3. The van der Waals surface area contributed by atoms with E-state index in [2.05, 4.69) is 199 Å². The molecule has 0 amide bonds. The van der Waals surface area contributed by atoms with Gasteiger partial charge in [-0.25, -0.2) is 4.98 Å². The number of fused-ring (bicyclic) bond motifs is 7. The molecule has 0 unspecified atom stereocenters. The third-order valence-electron chi connectivity index (χ3n) is 11.5. The molecule has 0 radical (unpaired) electrons. The minimum absolute atomic E-state index is 0.00448. The van der Waals surface area contributed by atoms with E-state index >= 15 is 0 Å². The number of aromatic nitrogens is 2. The van der Waals surface area contributed by atoms with Gasteiger partial charge in [-0.1, -0.05) is 106 Å². The summed E-state index contributed by atoms with van der Waals surface area (Å²) in [4.78, 5) is 9.62. The van der Waals surface area contributed by atoms with Crippen LogP contribution < -0.4 is 14.5 Å². The van der Waals surface area contributed by atoms with Gasteiger partial charge in [-0.3, -0.25) is 4.57 Å². The molecule has 58 heavy (non-hydrogen) atoms. The van der Waals surface area contributed by atoms with Gasteiger partial charge in [0.1, 0.15) is 35.2 Å². The van der Waals surface area contributed by atoms with Gasteiger partial charge in [0, 0.05) is 40.2 Å². The van der Waals surface area contributed by atoms with E-state index in [1.165, 1.54) is 10.9 Å². The summed E-state index contributed by atoms with van der Waals surface area (Å²) >= 11 is 0. The van der Waals surface area contributed by atoms with E-state index in [0.29, 0.717) is 6.67 Å². The highest BCUT2D eigenvalue weighted by Gasteiger charge is 2.30. The molecule has 0 aliphatic carbocycles. The van der Waals surface area contributed by atoms with E-state index < -0.39 is 0 Å². The minimum atomic E-state index is -0.00448. The smallest absolute Gasteiger partial charge is 0.137 e. The molecule has 0 saturated heterocycles. The summed E-state index contributed by atoms with van der Waals surface area (Å²) in [6, 6.07) is 59.5. The zero-order valence-corrected chi connectivity index (χ0v) is 32.6. The van der Waals surface area contributed by atoms with E-state index in [4.69, 9.17) is 14.1 Å². The van der Waals surface area contributed by atoms with Gasteiger partial charge in [0.15, 0.2) is 0 Å². The zero-order chi connectivity index (χ0) is 39.0. The lowest BCUT2D eigenvalue weighted by Crippen LogP contribution is -2.24. The highest BCUT2D eigenvalue weighted by Crippen LogP contribution is 2.49. The van der Waals surface area contributed by atoms with Gasteiger partial charge in [-0.05, 0) is 94.9 Å². The van der Waals surface area contributed by atoms with Crippen molar-refractivity contribution in [1.82, 2.24) is 9.55 Å². The molecule has 6 heteroatoms. The van der Waals surface area contributed by atoms with Gasteiger partial charge in [-0.15, -0.1) is 0 Å². The van der Waals surface area contributed by atoms with E-state index in [0.717, 1.165) is 89.6 Å². The summed E-state index contributed by atoms with van der Waals surface area (Å²) in [6.07, 6.45) is 1.92. The molecule has 10 aromatic rings. The molecule has 3 aromatic heterocycles. The number of ether oxygens (including phenoxy) is 1. The molecule has 0 fully saturated rings. The van der Waals surface area contributed by atoms with Crippen molar-refractivity contribution < 1.29 is 9.15 Å². The molecular formula is C52H40N4O2. The van der Waals surface area contributed by atoms with E-state index in [1.54, 1.807) is 0 Å². The largest absolute Gasteiger partial charge is 0.457 e. The van der Waals surface area contributed by atoms with Crippen LogP contribution in [0.2, 0.25) is 0 Å². The van der Waals surface area contributed by atoms with Crippen LogP contribution in [-0.2, 0) is 5.41 Å². The Bertz CT molecular complexity index is 3190. The Hall–Kier alpha value is -7.31. The standard InChI is InChI=1S/C52H40N4O2/c1-52(2,3)35-28-29-53-49(30-35)56-42-20-8-7-18-40(42)41-27-26-38(32-46(41)56)57-37-17-11-16-36(31-37)54-33-55(44-22-10-9-21-43(44)54)45-23-13-25-48-51(45)50-39(19-12-24-47(50)58-48)34-14-5-4-6-15-34/h4-32H,33H2,1-3H3. The van der Waals surface area contributed by atoms with Crippen LogP contribution in [0.1, 0.15) is 26.3 Å². The van der Waals surface area contributed by atoms with Crippen LogP contribution >= 0.6 is 0 Å². The van der Waals surface area contributed by atoms with E-state index in [9.17, 15) is 0 Å². The molecule has 1 aliphatic rings.